The predicted octanol–water partition coefficient (Wildman–Crippen LogP) is 4.05. The molecule has 3 amide bonds. The number of halogens is 1. The van der Waals surface area contributed by atoms with Crippen molar-refractivity contribution in [3.8, 4) is 0 Å². The van der Waals surface area contributed by atoms with Crippen molar-refractivity contribution in [3.63, 3.8) is 0 Å². The maximum atomic E-state index is 13.0. The minimum atomic E-state index is -0.845. The van der Waals surface area contributed by atoms with Gasteiger partial charge in [0, 0.05) is 12.2 Å². The number of benzene rings is 3. The molecular formula is C23H22FN3O2. The number of para-hydroxylation sites is 1. The highest BCUT2D eigenvalue weighted by atomic mass is 19.1. The van der Waals surface area contributed by atoms with Crippen molar-refractivity contribution in [1.29, 1.82) is 0 Å². The molecule has 3 aromatic carbocycles. The molecule has 0 heterocycles. The van der Waals surface area contributed by atoms with Crippen molar-refractivity contribution in [3.05, 3.63) is 102 Å². The fourth-order valence-electron chi connectivity index (χ4n) is 2.84. The Labute approximate surface area is 169 Å². The van der Waals surface area contributed by atoms with Crippen LogP contribution >= 0.6 is 0 Å². The number of amides is 3. The third kappa shape index (κ3) is 6.17. The van der Waals surface area contributed by atoms with Gasteiger partial charge in [-0.15, -0.1) is 0 Å². The first-order valence-electron chi connectivity index (χ1n) is 9.31. The molecule has 0 fully saturated rings. The van der Waals surface area contributed by atoms with Crippen LogP contribution in [0.2, 0.25) is 0 Å². The van der Waals surface area contributed by atoms with Crippen LogP contribution in [0.4, 0.5) is 14.9 Å². The molecule has 148 valence electrons. The summed E-state index contributed by atoms with van der Waals surface area (Å²) in [6.45, 7) is 0.360. The van der Waals surface area contributed by atoms with Crippen LogP contribution in [-0.4, -0.2) is 18.5 Å². The Bertz CT molecular complexity index is 931. The standard InChI is InChI=1S/C23H22FN3O2/c24-19-13-11-17(12-14-19)15-16-25-23(29)27-21(18-7-3-1-4-8-18)22(28)26-20-9-5-2-6-10-20/h1-14,21H,15-16H2,(H,26,28)(H2,25,27,29). The maximum Gasteiger partial charge on any atom is 0.315 e. The summed E-state index contributed by atoms with van der Waals surface area (Å²) in [7, 11) is 0. The lowest BCUT2D eigenvalue weighted by molar-refractivity contribution is -0.118. The summed E-state index contributed by atoms with van der Waals surface area (Å²) in [6.07, 6.45) is 0.555. The van der Waals surface area contributed by atoms with Crippen LogP contribution < -0.4 is 16.0 Å². The van der Waals surface area contributed by atoms with E-state index >= 15 is 0 Å². The van der Waals surface area contributed by atoms with E-state index in [1.807, 2.05) is 36.4 Å². The third-order valence-electron chi connectivity index (χ3n) is 4.32. The Kier molecular flexibility index (Phi) is 6.95. The van der Waals surface area contributed by atoms with Crippen molar-refractivity contribution < 1.29 is 14.0 Å². The average Bonchev–Trinajstić information content (AvgIpc) is 2.75. The number of hydrogen-bond donors (Lipinski definition) is 3. The highest BCUT2D eigenvalue weighted by Crippen LogP contribution is 2.16. The zero-order valence-electron chi connectivity index (χ0n) is 15.8. The Balaban J connectivity index is 1.61. The Hall–Kier alpha value is -3.67. The lowest BCUT2D eigenvalue weighted by Crippen LogP contribution is -2.43. The van der Waals surface area contributed by atoms with Gasteiger partial charge >= 0.3 is 6.03 Å². The Morgan fingerprint density at radius 1 is 0.828 bits per heavy atom. The summed E-state index contributed by atoms with van der Waals surface area (Å²) in [5, 5.41) is 8.28. The number of nitrogens with one attached hydrogen (secondary N) is 3. The smallest absolute Gasteiger partial charge is 0.315 e. The van der Waals surface area contributed by atoms with Crippen molar-refractivity contribution >= 4 is 17.6 Å². The van der Waals surface area contributed by atoms with Crippen LogP contribution in [0.5, 0.6) is 0 Å². The predicted molar refractivity (Wildman–Crippen MR) is 111 cm³/mol. The minimum absolute atomic E-state index is 0.297. The van der Waals surface area contributed by atoms with Crippen LogP contribution in [0, 0.1) is 5.82 Å². The maximum absolute atomic E-state index is 13.0. The molecular weight excluding hydrogens is 369 g/mol. The van der Waals surface area contributed by atoms with Gasteiger partial charge in [0.25, 0.3) is 5.91 Å². The van der Waals surface area contributed by atoms with Gasteiger partial charge in [0.15, 0.2) is 0 Å². The summed E-state index contributed by atoms with van der Waals surface area (Å²) in [6, 6.07) is 22.9. The van der Waals surface area contributed by atoms with E-state index in [9.17, 15) is 14.0 Å². The SMILES string of the molecule is O=C(NCCc1ccc(F)cc1)NC(C(=O)Nc1ccccc1)c1ccccc1. The lowest BCUT2D eigenvalue weighted by Gasteiger charge is -2.19. The van der Waals surface area contributed by atoms with E-state index in [2.05, 4.69) is 16.0 Å². The van der Waals surface area contributed by atoms with E-state index < -0.39 is 12.1 Å². The molecule has 3 aromatic rings. The molecule has 0 saturated carbocycles. The first-order chi connectivity index (χ1) is 14.1. The monoisotopic (exact) mass is 391 g/mol. The number of rotatable bonds is 7. The molecule has 3 rings (SSSR count). The zero-order valence-corrected chi connectivity index (χ0v) is 15.8. The zero-order chi connectivity index (χ0) is 20.5. The fourth-order valence-corrected chi connectivity index (χ4v) is 2.84. The molecule has 0 spiro atoms. The normalized spacial score (nSPS) is 11.3. The van der Waals surface area contributed by atoms with Crippen LogP contribution in [0.3, 0.4) is 0 Å². The highest BCUT2D eigenvalue weighted by Gasteiger charge is 2.22. The van der Waals surface area contributed by atoms with Gasteiger partial charge in [-0.3, -0.25) is 4.79 Å². The van der Waals surface area contributed by atoms with Gasteiger partial charge in [0.1, 0.15) is 11.9 Å². The molecule has 1 atom stereocenters. The van der Waals surface area contributed by atoms with Gasteiger partial charge in [-0.2, -0.15) is 0 Å². The quantitative estimate of drug-likeness (QED) is 0.569. The van der Waals surface area contributed by atoms with Gasteiger partial charge in [0.05, 0.1) is 0 Å². The molecule has 3 N–H and O–H groups in total. The topological polar surface area (TPSA) is 70.2 Å². The summed E-state index contributed by atoms with van der Waals surface area (Å²) in [5.41, 5.74) is 2.24. The summed E-state index contributed by atoms with van der Waals surface area (Å²) in [4.78, 5) is 25.2. The number of urea groups is 1. The highest BCUT2D eigenvalue weighted by molar-refractivity contribution is 5.97. The second-order valence-corrected chi connectivity index (χ2v) is 6.48. The molecule has 29 heavy (non-hydrogen) atoms. The third-order valence-corrected chi connectivity index (χ3v) is 4.32. The van der Waals surface area contributed by atoms with Crippen LogP contribution in [0.25, 0.3) is 0 Å². The van der Waals surface area contributed by atoms with Gasteiger partial charge in [-0.1, -0.05) is 60.7 Å². The number of carbonyl (C=O) groups is 2. The molecule has 0 radical (unpaired) electrons. The fraction of sp³-hybridized carbons (Fsp3) is 0.130. The van der Waals surface area contributed by atoms with E-state index in [4.69, 9.17) is 0 Å². The van der Waals surface area contributed by atoms with Gasteiger partial charge in [-0.25, -0.2) is 9.18 Å². The Morgan fingerprint density at radius 3 is 2.10 bits per heavy atom. The van der Waals surface area contributed by atoms with Crippen LogP contribution in [0.1, 0.15) is 17.2 Å². The van der Waals surface area contributed by atoms with Crippen molar-refractivity contribution in [2.75, 3.05) is 11.9 Å². The van der Waals surface area contributed by atoms with Gasteiger partial charge in [-0.05, 0) is 41.8 Å². The van der Waals surface area contributed by atoms with Gasteiger partial charge < -0.3 is 16.0 Å². The van der Waals surface area contributed by atoms with Crippen LogP contribution in [0.15, 0.2) is 84.9 Å². The van der Waals surface area contributed by atoms with Crippen molar-refractivity contribution in [2.24, 2.45) is 0 Å². The minimum Gasteiger partial charge on any atom is -0.338 e. The first-order valence-corrected chi connectivity index (χ1v) is 9.31. The van der Waals surface area contributed by atoms with E-state index in [1.165, 1.54) is 12.1 Å². The Morgan fingerprint density at radius 2 is 1.45 bits per heavy atom. The van der Waals surface area contributed by atoms with E-state index in [0.29, 0.717) is 24.2 Å². The second kappa shape index (κ2) is 10.0. The molecule has 0 aliphatic rings. The molecule has 0 aliphatic carbocycles. The largest absolute Gasteiger partial charge is 0.338 e. The van der Waals surface area contributed by atoms with E-state index in [1.54, 1.807) is 36.4 Å². The number of carbonyl (C=O) groups excluding carboxylic acids is 2. The molecule has 6 heteroatoms. The van der Waals surface area contributed by atoms with Gasteiger partial charge in [0.2, 0.25) is 0 Å². The van der Waals surface area contributed by atoms with Crippen molar-refractivity contribution in [1.82, 2.24) is 10.6 Å². The molecule has 1 unspecified atom stereocenters. The molecule has 0 bridgehead atoms. The van der Waals surface area contributed by atoms with E-state index in [0.717, 1.165) is 5.56 Å². The summed E-state index contributed by atoms with van der Waals surface area (Å²) < 4.78 is 13.0. The molecule has 0 saturated heterocycles. The molecule has 0 aliphatic heterocycles. The van der Waals surface area contributed by atoms with Crippen LogP contribution in [-0.2, 0) is 11.2 Å². The number of anilines is 1. The van der Waals surface area contributed by atoms with E-state index in [-0.39, 0.29) is 11.7 Å². The molecule has 5 nitrogen and oxygen atoms in total. The lowest BCUT2D eigenvalue weighted by atomic mass is 10.1. The average molecular weight is 391 g/mol. The summed E-state index contributed by atoms with van der Waals surface area (Å²) in [5.74, 6) is -0.634. The van der Waals surface area contributed by atoms with Crippen molar-refractivity contribution in [2.45, 2.75) is 12.5 Å². The summed E-state index contributed by atoms with van der Waals surface area (Å²) >= 11 is 0. The number of hydrogen-bond acceptors (Lipinski definition) is 2. The first kappa shape index (κ1) is 20.1. The second-order valence-electron chi connectivity index (χ2n) is 6.48. The molecule has 0 aromatic heterocycles.